The first-order valence-corrected chi connectivity index (χ1v) is 16.2. The summed E-state index contributed by atoms with van der Waals surface area (Å²) in [7, 11) is 0. The molecule has 0 aliphatic carbocycles. The van der Waals surface area contributed by atoms with Crippen LogP contribution in [0.1, 0.15) is 0 Å². The maximum Gasteiger partial charge on any atom is 0.143 e. The van der Waals surface area contributed by atoms with E-state index in [1.807, 2.05) is 0 Å². The Morgan fingerprint density at radius 2 is 0.745 bits per heavy atom. The van der Waals surface area contributed by atoms with Gasteiger partial charge in [-0.05, 0) is 83.2 Å². The molecule has 1 heterocycles. The van der Waals surface area contributed by atoms with Crippen molar-refractivity contribution in [1.82, 2.24) is 0 Å². The van der Waals surface area contributed by atoms with Gasteiger partial charge in [0.2, 0.25) is 0 Å². The zero-order valence-electron chi connectivity index (χ0n) is 25.6. The monoisotopic (exact) mass is 596 g/mol. The van der Waals surface area contributed by atoms with Crippen molar-refractivity contribution in [3.63, 3.8) is 0 Å². The van der Waals surface area contributed by atoms with Crippen molar-refractivity contribution in [2.75, 3.05) is 0 Å². The molecule has 0 unspecified atom stereocenters. The summed E-state index contributed by atoms with van der Waals surface area (Å²) in [6.45, 7) is 0. The standard InChI is InChI=1S/C46H28O/c1-3-16-31-29(13-1)15-11-24-33(31)34-18-5-6-19-35(34)43-36-20-7-9-22-38(36)44(39-23-10-8-21-37(39)43)40-25-12-26-42-45(40)41-28-27-30-14-2-4-17-32(30)46(41)47-42/h1-28H. The van der Waals surface area contributed by atoms with E-state index >= 15 is 0 Å². The molecule has 1 aromatic heterocycles. The van der Waals surface area contributed by atoms with Crippen LogP contribution in [0.2, 0.25) is 0 Å². The van der Waals surface area contributed by atoms with Gasteiger partial charge in [-0.3, -0.25) is 0 Å². The average Bonchev–Trinajstić information content (AvgIpc) is 3.53. The molecule has 10 rings (SSSR count). The third-order valence-corrected chi connectivity index (χ3v) is 9.86. The van der Waals surface area contributed by atoms with E-state index in [9.17, 15) is 0 Å². The first-order chi connectivity index (χ1) is 23.3. The minimum absolute atomic E-state index is 0.910. The van der Waals surface area contributed by atoms with Crippen LogP contribution in [0.3, 0.4) is 0 Å². The molecule has 0 aliphatic rings. The van der Waals surface area contributed by atoms with Crippen molar-refractivity contribution in [2.24, 2.45) is 0 Å². The van der Waals surface area contributed by atoms with E-state index in [0.29, 0.717) is 0 Å². The van der Waals surface area contributed by atoms with Gasteiger partial charge in [-0.25, -0.2) is 0 Å². The van der Waals surface area contributed by atoms with Crippen LogP contribution in [0.5, 0.6) is 0 Å². The van der Waals surface area contributed by atoms with E-state index < -0.39 is 0 Å². The molecule has 1 heteroatoms. The quantitative estimate of drug-likeness (QED) is 0.185. The lowest BCUT2D eigenvalue weighted by Crippen LogP contribution is -1.93. The fourth-order valence-electron chi connectivity index (χ4n) is 7.87. The molecule has 0 saturated carbocycles. The molecule has 0 amide bonds. The smallest absolute Gasteiger partial charge is 0.143 e. The lowest BCUT2D eigenvalue weighted by molar-refractivity contribution is 0.673. The number of hydrogen-bond donors (Lipinski definition) is 0. The molecule has 1 nitrogen and oxygen atoms in total. The molecule has 0 N–H and O–H groups in total. The highest BCUT2D eigenvalue weighted by Gasteiger charge is 2.22. The van der Waals surface area contributed by atoms with E-state index in [2.05, 4.69) is 170 Å². The number of rotatable bonds is 3. The largest absolute Gasteiger partial charge is 0.455 e. The Bertz CT molecular complexity index is 2790. The number of fused-ring (bicyclic) bond motifs is 8. The summed E-state index contributed by atoms with van der Waals surface area (Å²) in [6.07, 6.45) is 0. The van der Waals surface area contributed by atoms with E-state index in [0.717, 1.165) is 27.3 Å². The molecule has 0 fully saturated rings. The van der Waals surface area contributed by atoms with Crippen molar-refractivity contribution in [1.29, 1.82) is 0 Å². The second-order valence-corrected chi connectivity index (χ2v) is 12.4. The Hall–Kier alpha value is -6.18. The first-order valence-electron chi connectivity index (χ1n) is 16.2. The predicted octanol–water partition coefficient (Wildman–Crippen LogP) is 13.2. The van der Waals surface area contributed by atoms with E-state index in [1.54, 1.807) is 0 Å². The van der Waals surface area contributed by atoms with Gasteiger partial charge < -0.3 is 4.42 Å². The molecule has 0 bridgehead atoms. The Kier molecular flexibility index (Phi) is 5.64. The first kappa shape index (κ1) is 26.1. The van der Waals surface area contributed by atoms with Gasteiger partial charge in [0, 0.05) is 16.2 Å². The van der Waals surface area contributed by atoms with Crippen LogP contribution in [0.4, 0.5) is 0 Å². The molecule has 0 spiro atoms. The lowest BCUT2D eigenvalue weighted by Gasteiger charge is -2.20. The molecule has 0 radical (unpaired) electrons. The summed E-state index contributed by atoms with van der Waals surface area (Å²) in [6, 6.07) is 61.5. The summed E-state index contributed by atoms with van der Waals surface area (Å²) in [4.78, 5) is 0. The van der Waals surface area contributed by atoms with Gasteiger partial charge in [0.25, 0.3) is 0 Å². The second-order valence-electron chi connectivity index (χ2n) is 12.4. The van der Waals surface area contributed by atoms with Gasteiger partial charge >= 0.3 is 0 Å². The maximum absolute atomic E-state index is 6.64. The van der Waals surface area contributed by atoms with Crippen LogP contribution >= 0.6 is 0 Å². The van der Waals surface area contributed by atoms with Crippen LogP contribution in [-0.2, 0) is 0 Å². The van der Waals surface area contributed by atoms with Gasteiger partial charge in [0.05, 0.1) is 0 Å². The topological polar surface area (TPSA) is 13.1 Å². The Balaban J connectivity index is 1.33. The van der Waals surface area contributed by atoms with E-state index in [-0.39, 0.29) is 0 Å². The summed E-state index contributed by atoms with van der Waals surface area (Å²) in [5, 5.41) is 12.1. The van der Waals surface area contributed by atoms with Crippen LogP contribution in [-0.4, -0.2) is 0 Å². The SMILES string of the molecule is c1ccc(-c2c3ccccc3c(-c3cccc4oc5c6ccccc6ccc5c34)c3ccccc23)c(-c2cccc3ccccc23)c1. The minimum Gasteiger partial charge on any atom is -0.455 e. The summed E-state index contributed by atoms with van der Waals surface area (Å²) in [5.41, 5.74) is 9.27. The highest BCUT2D eigenvalue weighted by molar-refractivity contribution is 6.27. The number of hydrogen-bond acceptors (Lipinski definition) is 1. The van der Waals surface area contributed by atoms with E-state index in [1.165, 1.54) is 71.1 Å². The predicted molar refractivity (Wildman–Crippen MR) is 200 cm³/mol. The van der Waals surface area contributed by atoms with Gasteiger partial charge in [0.15, 0.2) is 0 Å². The Morgan fingerprint density at radius 1 is 0.277 bits per heavy atom. The molecule has 47 heavy (non-hydrogen) atoms. The third kappa shape index (κ3) is 3.84. The normalized spacial score (nSPS) is 11.8. The highest BCUT2D eigenvalue weighted by atomic mass is 16.3. The van der Waals surface area contributed by atoms with Gasteiger partial charge in [0.1, 0.15) is 11.2 Å². The fraction of sp³-hybridized carbons (Fsp3) is 0. The van der Waals surface area contributed by atoms with Crippen molar-refractivity contribution >= 4 is 65.0 Å². The maximum atomic E-state index is 6.64. The molecule has 0 saturated heterocycles. The Labute approximate surface area is 271 Å². The highest BCUT2D eigenvalue weighted by Crippen LogP contribution is 2.49. The van der Waals surface area contributed by atoms with Crippen LogP contribution < -0.4 is 0 Å². The van der Waals surface area contributed by atoms with Crippen molar-refractivity contribution in [3.8, 4) is 33.4 Å². The molecule has 10 aromatic rings. The van der Waals surface area contributed by atoms with Crippen LogP contribution in [0, 0.1) is 0 Å². The van der Waals surface area contributed by atoms with Gasteiger partial charge in [-0.1, -0.05) is 158 Å². The molecular weight excluding hydrogens is 569 g/mol. The number of furan rings is 1. The van der Waals surface area contributed by atoms with Crippen LogP contribution in [0.25, 0.3) is 98.4 Å². The molecule has 0 atom stereocenters. The Morgan fingerprint density at radius 3 is 1.45 bits per heavy atom. The molecule has 9 aromatic carbocycles. The van der Waals surface area contributed by atoms with Crippen LogP contribution in [0.15, 0.2) is 174 Å². The van der Waals surface area contributed by atoms with Crippen molar-refractivity contribution < 1.29 is 4.42 Å². The average molecular weight is 597 g/mol. The minimum atomic E-state index is 0.910. The number of benzene rings is 9. The lowest BCUT2D eigenvalue weighted by atomic mass is 9.82. The van der Waals surface area contributed by atoms with Gasteiger partial charge in [-0.15, -0.1) is 0 Å². The summed E-state index contributed by atoms with van der Waals surface area (Å²) in [5.74, 6) is 0. The van der Waals surface area contributed by atoms with Gasteiger partial charge in [-0.2, -0.15) is 0 Å². The molecule has 0 aliphatic heterocycles. The van der Waals surface area contributed by atoms with Crippen molar-refractivity contribution in [3.05, 3.63) is 170 Å². The molecular formula is C46H28O. The fourth-order valence-corrected chi connectivity index (χ4v) is 7.87. The zero-order chi connectivity index (χ0) is 30.9. The third-order valence-electron chi connectivity index (χ3n) is 9.86. The summed E-state index contributed by atoms with van der Waals surface area (Å²) < 4.78 is 6.64. The van der Waals surface area contributed by atoms with Crippen molar-refractivity contribution in [2.45, 2.75) is 0 Å². The molecule has 218 valence electrons. The second kappa shape index (κ2) is 10.2. The van der Waals surface area contributed by atoms with E-state index in [4.69, 9.17) is 4.42 Å². The summed E-state index contributed by atoms with van der Waals surface area (Å²) >= 11 is 0. The zero-order valence-corrected chi connectivity index (χ0v) is 25.6.